The number of amides is 1. The van der Waals surface area contributed by atoms with Crippen LogP contribution in [-0.4, -0.2) is 22.3 Å². The smallest absolute Gasteiger partial charge is 0.273 e. The maximum atomic E-state index is 12.3. The van der Waals surface area contributed by atoms with Gasteiger partial charge in [-0.25, -0.2) is 4.98 Å². The van der Waals surface area contributed by atoms with Gasteiger partial charge in [0.05, 0.1) is 6.54 Å². The van der Waals surface area contributed by atoms with Crippen molar-refractivity contribution in [3.63, 3.8) is 0 Å². The van der Waals surface area contributed by atoms with E-state index in [4.69, 9.17) is 27.6 Å². The molecule has 0 saturated carbocycles. The van der Waals surface area contributed by atoms with Crippen molar-refractivity contribution in [2.45, 2.75) is 39.9 Å². The fourth-order valence-electron chi connectivity index (χ4n) is 3.19. The van der Waals surface area contributed by atoms with Gasteiger partial charge in [0.15, 0.2) is 5.69 Å². The normalized spacial score (nSPS) is 12.4. The van der Waals surface area contributed by atoms with Crippen LogP contribution in [0, 0.1) is 5.92 Å². The molecule has 7 heteroatoms. The fourth-order valence-corrected chi connectivity index (χ4v) is 3.66. The highest BCUT2D eigenvalue weighted by Gasteiger charge is 2.21. The van der Waals surface area contributed by atoms with Crippen molar-refractivity contribution in [1.82, 2.24) is 15.2 Å². The van der Waals surface area contributed by atoms with E-state index in [1.165, 1.54) is 6.26 Å². The van der Waals surface area contributed by atoms with Crippen LogP contribution in [0.15, 0.2) is 59.2 Å². The van der Waals surface area contributed by atoms with E-state index < -0.39 is 0 Å². The number of aromatic nitrogens is 1. The number of carbonyl (C=O) groups is 1. The summed E-state index contributed by atoms with van der Waals surface area (Å²) >= 11 is 12.5. The third kappa shape index (κ3) is 6.57. The van der Waals surface area contributed by atoms with Gasteiger partial charge in [0.2, 0.25) is 5.89 Å². The average Bonchev–Trinajstić information content (AvgIpc) is 3.22. The van der Waals surface area contributed by atoms with E-state index in [9.17, 15) is 4.79 Å². The Morgan fingerprint density at radius 1 is 1.10 bits per heavy atom. The quantitative estimate of drug-likeness (QED) is 0.417. The minimum absolute atomic E-state index is 0.0677. The number of oxazole rings is 1. The number of rotatable bonds is 9. The predicted octanol–water partition coefficient (Wildman–Crippen LogP) is 6.13. The molecule has 0 saturated heterocycles. The molecule has 3 rings (SSSR count). The standard InChI is InChI=1S/C24H27Cl2N3O2/c1-16(2)12-27-24(30)22-15-31-23(28-22)14-29(17(3)18-7-5-4-6-8-18)13-19-9-10-20(25)11-21(19)26/h4-11,15-17H,12-14H2,1-3H3,(H,27,30)/t17-/m1/s1. The van der Waals surface area contributed by atoms with Crippen molar-refractivity contribution in [1.29, 1.82) is 0 Å². The van der Waals surface area contributed by atoms with E-state index >= 15 is 0 Å². The van der Waals surface area contributed by atoms with Gasteiger partial charge in [-0.2, -0.15) is 0 Å². The lowest BCUT2D eigenvalue weighted by Crippen LogP contribution is -2.28. The van der Waals surface area contributed by atoms with Gasteiger partial charge in [0.25, 0.3) is 5.91 Å². The van der Waals surface area contributed by atoms with Gasteiger partial charge in [-0.3, -0.25) is 9.69 Å². The van der Waals surface area contributed by atoms with E-state index in [1.54, 1.807) is 6.07 Å². The SMILES string of the molecule is CC(C)CNC(=O)c1coc(CN(Cc2ccc(Cl)cc2Cl)[C@H](C)c2ccccc2)n1. The minimum atomic E-state index is -0.230. The van der Waals surface area contributed by atoms with Crippen molar-refractivity contribution >= 4 is 29.1 Å². The summed E-state index contributed by atoms with van der Waals surface area (Å²) in [6, 6.07) is 15.8. The highest BCUT2D eigenvalue weighted by atomic mass is 35.5. The molecule has 0 fully saturated rings. The molecule has 0 spiro atoms. The maximum Gasteiger partial charge on any atom is 0.273 e. The minimum Gasteiger partial charge on any atom is -0.447 e. The Bertz CT molecular complexity index is 1010. The first-order chi connectivity index (χ1) is 14.8. The van der Waals surface area contributed by atoms with Crippen molar-refractivity contribution in [3.05, 3.63) is 87.6 Å². The molecule has 5 nitrogen and oxygen atoms in total. The predicted molar refractivity (Wildman–Crippen MR) is 124 cm³/mol. The van der Waals surface area contributed by atoms with Crippen LogP contribution in [0.25, 0.3) is 0 Å². The van der Waals surface area contributed by atoms with Crippen LogP contribution in [-0.2, 0) is 13.1 Å². The van der Waals surface area contributed by atoms with Crippen molar-refractivity contribution < 1.29 is 9.21 Å². The Balaban J connectivity index is 1.80. The van der Waals surface area contributed by atoms with Crippen LogP contribution in [0.2, 0.25) is 10.0 Å². The molecule has 164 valence electrons. The molecule has 1 N–H and O–H groups in total. The van der Waals surface area contributed by atoms with Crippen LogP contribution >= 0.6 is 23.2 Å². The van der Waals surface area contributed by atoms with Gasteiger partial charge in [-0.1, -0.05) is 73.4 Å². The summed E-state index contributed by atoms with van der Waals surface area (Å²) < 4.78 is 5.63. The van der Waals surface area contributed by atoms with Gasteiger partial charge in [-0.05, 0) is 36.1 Å². The lowest BCUT2D eigenvalue weighted by Gasteiger charge is -2.28. The highest BCUT2D eigenvalue weighted by molar-refractivity contribution is 6.35. The first-order valence-corrected chi connectivity index (χ1v) is 11.0. The zero-order valence-electron chi connectivity index (χ0n) is 17.9. The van der Waals surface area contributed by atoms with Crippen LogP contribution in [0.5, 0.6) is 0 Å². The Morgan fingerprint density at radius 2 is 1.84 bits per heavy atom. The zero-order chi connectivity index (χ0) is 22.4. The molecule has 0 aliphatic rings. The molecule has 1 atom stereocenters. The van der Waals surface area contributed by atoms with Crippen LogP contribution in [0.1, 0.15) is 54.3 Å². The number of hydrogen-bond acceptors (Lipinski definition) is 4. The lowest BCUT2D eigenvalue weighted by atomic mass is 10.1. The fraction of sp³-hybridized carbons (Fsp3) is 0.333. The number of carbonyl (C=O) groups excluding carboxylic acids is 1. The van der Waals surface area contributed by atoms with Gasteiger partial charge in [0, 0.05) is 29.2 Å². The Morgan fingerprint density at radius 3 is 2.52 bits per heavy atom. The second-order valence-corrected chi connectivity index (χ2v) is 8.80. The molecular weight excluding hydrogens is 433 g/mol. The molecule has 0 aliphatic carbocycles. The van der Waals surface area contributed by atoms with Crippen molar-refractivity contribution in [2.75, 3.05) is 6.54 Å². The molecule has 2 aromatic carbocycles. The maximum absolute atomic E-state index is 12.3. The second-order valence-electron chi connectivity index (χ2n) is 7.96. The number of hydrogen-bond donors (Lipinski definition) is 1. The summed E-state index contributed by atoms with van der Waals surface area (Å²) in [4.78, 5) is 18.9. The average molecular weight is 460 g/mol. The molecule has 0 aliphatic heterocycles. The number of halogens is 2. The van der Waals surface area contributed by atoms with Gasteiger partial charge in [0.1, 0.15) is 6.26 Å². The first kappa shape index (κ1) is 23.3. The zero-order valence-corrected chi connectivity index (χ0v) is 19.5. The van der Waals surface area contributed by atoms with Crippen molar-refractivity contribution in [2.24, 2.45) is 5.92 Å². The third-order valence-corrected chi connectivity index (χ3v) is 5.60. The monoisotopic (exact) mass is 459 g/mol. The van der Waals surface area contributed by atoms with Crippen LogP contribution in [0.4, 0.5) is 0 Å². The molecule has 1 aromatic heterocycles. The summed E-state index contributed by atoms with van der Waals surface area (Å²) in [7, 11) is 0. The van der Waals surface area contributed by atoms with Gasteiger partial charge < -0.3 is 9.73 Å². The summed E-state index contributed by atoms with van der Waals surface area (Å²) in [6.07, 6.45) is 1.41. The van der Waals surface area contributed by atoms with Crippen LogP contribution in [0.3, 0.4) is 0 Å². The Kier molecular flexibility index (Phi) is 8.13. The van der Waals surface area contributed by atoms with E-state index in [2.05, 4.69) is 34.3 Å². The number of benzene rings is 2. The molecular formula is C24H27Cl2N3O2. The highest BCUT2D eigenvalue weighted by Crippen LogP contribution is 2.28. The Labute approximate surface area is 193 Å². The third-order valence-electron chi connectivity index (χ3n) is 5.01. The van der Waals surface area contributed by atoms with E-state index in [1.807, 2.05) is 44.2 Å². The first-order valence-electron chi connectivity index (χ1n) is 10.3. The van der Waals surface area contributed by atoms with Crippen molar-refractivity contribution in [3.8, 4) is 0 Å². The van der Waals surface area contributed by atoms with Gasteiger partial charge >= 0.3 is 0 Å². The largest absolute Gasteiger partial charge is 0.447 e. The lowest BCUT2D eigenvalue weighted by molar-refractivity contribution is 0.0944. The molecule has 1 heterocycles. The second kappa shape index (κ2) is 10.8. The van der Waals surface area contributed by atoms with E-state index in [-0.39, 0.29) is 17.6 Å². The number of nitrogens with one attached hydrogen (secondary N) is 1. The molecule has 31 heavy (non-hydrogen) atoms. The molecule has 0 radical (unpaired) electrons. The van der Waals surface area contributed by atoms with Crippen LogP contribution < -0.4 is 5.32 Å². The summed E-state index contributed by atoms with van der Waals surface area (Å²) in [5.74, 6) is 0.608. The van der Waals surface area contributed by atoms with Gasteiger partial charge in [-0.15, -0.1) is 0 Å². The Hall–Kier alpha value is -2.34. The molecule has 3 aromatic rings. The molecule has 0 bridgehead atoms. The topological polar surface area (TPSA) is 58.4 Å². The molecule has 0 unspecified atom stereocenters. The number of nitrogens with zero attached hydrogens (tertiary/aromatic N) is 2. The van der Waals surface area contributed by atoms with E-state index in [0.717, 1.165) is 11.1 Å². The molecule has 1 amide bonds. The summed E-state index contributed by atoms with van der Waals surface area (Å²) in [6.45, 7) is 7.79. The summed E-state index contributed by atoms with van der Waals surface area (Å²) in [5, 5.41) is 4.07. The summed E-state index contributed by atoms with van der Waals surface area (Å²) in [5.41, 5.74) is 2.40. The van der Waals surface area contributed by atoms with E-state index in [0.29, 0.717) is 41.5 Å².